The molecule has 0 fully saturated rings. The van der Waals surface area contributed by atoms with Crippen molar-refractivity contribution in [2.24, 2.45) is 0 Å². The second-order valence-electron chi connectivity index (χ2n) is 2.57. The van der Waals surface area contributed by atoms with Gasteiger partial charge in [-0.3, -0.25) is 0 Å². The van der Waals surface area contributed by atoms with Gasteiger partial charge in [-0.2, -0.15) is 9.65 Å². The van der Waals surface area contributed by atoms with Crippen molar-refractivity contribution in [2.45, 2.75) is 13.3 Å². The summed E-state index contributed by atoms with van der Waals surface area (Å²) in [7, 11) is 0. The van der Waals surface area contributed by atoms with Crippen LogP contribution >= 0.6 is 0 Å². The first kappa shape index (κ1) is 8.52. The Bertz CT molecular complexity index is 347. The van der Waals surface area contributed by atoms with Crippen LogP contribution in [0.5, 0.6) is 0 Å². The molecule has 0 aliphatic heterocycles. The van der Waals surface area contributed by atoms with E-state index < -0.39 is 5.83 Å². The van der Waals surface area contributed by atoms with Crippen LogP contribution in [0.2, 0.25) is 0 Å². The Kier molecular flexibility index (Phi) is 2.63. The van der Waals surface area contributed by atoms with E-state index in [-0.39, 0.29) is 5.57 Å². The van der Waals surface area contributed by atoms with Gasteiger partial charge in [0.15, 0.2) is 5.83 Å². The zero-order valence-corrected chi connectivity index (χ0v) is 6.76. The summed E-state index contributed by atoms with van der Waals surface area (Å²) < 4.78 is 12.9. The summed E-state index contributed by atoms with van der Waals surface area (Å²) in [6.45, 7) is 1.92. The number of rotatable bonds is 0. The molecule has 0 saturated heterocycles. The third kappa shape index (κ3) is 1.95. The highest BCUT2D eigenvalue weighted by Crippen LogP contribution is 2.14. The first-order valence-corrected chi connectivity index (χ1v) is 3.62. The molecule has 0 aromatic heterocycles. The van der Waals surface area contributed by atoms with Gasteiger partial charge in [0.25, 0.3) is 0 Å². The van der Waals surface area contributed by atoms with Gasteiger partial charge >= 0.3 is 0 Å². The molecule has 0 saturated carbocycles. The van der Waals surface area contributed by atoms with E-state index >= 15 is 0 Å². The van der Waals surface area contributed by atoms with Gasteiger partial charge in [0, 0.05) is 0 Å². The SMILES string of the molecule is C/C1=C/C=C=C(F)/C(C#N)=C\C1. The fraction of sp³-hybridized carbons (Fsp3) is 0.200. The van der Waals surface area contributed by atoms with Crippen LogP contribution in [0, 0.1) is 11.3 Å². The maximum absolute atomic E-state index is 12.9. The van der Waals surface area contributed by atoms with Gasteiger partial charge in [-0.05, 0) is 19.4 Å². The minimum atomic E-state index is -0.582. The van der Waals surface area contributed by atoms with Crippen molar-refractivity contribution in [1.82, 2.24) is 0 Å². The minimum absolute atomic E-state index is 0.0682. The fourth-order valence-electron chi connectivity index (χ4n) is 0.850. The Morgan fingerprint density at radius 1 is 1.67 bits per heavy atom. The Balaban J connectivity index is 3.12. The highest BCUT2D eigenvalue weighted by molar-refractivity contribution is 5.39. The number of nitriles is 1. The molecule has 0 N–H and O–H groups in total. The maximum atomic E-state index is 12.9. The summed E-state index contributed by atoms with van der Waals surface area (Å²) in [4.78, 5) is 0. The average Bonchev–Trinajstić information content (AvgIpc) is 2.03. The van der Waals surface area contributed by atoms with E-state index in [1.165, 1.54) is 6.08 Å². The lowest BCUT2D eigenvalue weighted by molar-refractivity contribution is 0.659. The summed E-state index contributed by atoms with van der Waals surface area (Å²) in [5, 5.41) is 8.51. The molecular formula is C10H8FN. The van der Waals surface area contributed by atoms with Crippen molar-refractivity contribution in [3.8, 4) is 6.07 Å². The van der Waals surface area contributed by atoms with Crippen molar-refractivity contribution in [2.75, 3.05) is 0 Å². The molecule has 1 rings (SSSR count). The zero-order chi connectivity index (χ0) is 8.97. The van der Waals surface area contributed by atoms with Crippen LogP contribution < -0.4 is 0 Å². The topological polar surface area (TPSA) is 23.8 Å². The number of nitrogens with zero attached hydrogens (tertiary/aromatic N) is 1. The first-order chi connectivity index (χ1) is 5.74. The molecule has 1 aliphatic carbocycles. The molecule has 0 spiro atoms. The summed E-state index contributed by atoms with van der Waals surface area (Å²) in [5.41, 5.74) is 3.53. The van der Waals surface area contributed by atoms with Crippen molar-refractivity contribution in [3.63, 3.8) is 0 Å². The molecule has 0 bridgehead atoms. The molecule has 1 aliphatic rings. The largest absolute Gasteiger partial charge is 0.196 e. The van der Waals surface area contributed by atoms with Crippen molar-refractivity contribution in [1.29, 1.82) is 5.26 Å². The van der Waals surface area contributed by atoms with Crippen LogP contribution in [0.4, 0.5) is 4.39 Å². The smallest absolute Gasteiger partial charge is 0.182 e. The van der Waals surface area contributed by atoms with Crippen LogP contribution in [0.1, 0.15) is 13.3 Å². The minimum Gasteiger partial charge on any atom is -0.196 e. The fourth-order valence-corrected chi connectivity index (χ4v) is 0.850. The maximum Gasteiger partial charge on any atom is 0.182 e. The van der Waals surface area contributed by atoms with E-state index in [1.54, 1.807) is 18.2 Å². The van der Waals surface area contributed by atoms with E-state index in [4.69, 9.17) is 5.26 Å². The number of hydrogen-bond donors (Lipinski definition) is 0. The molecular weight excluding hydrogens is 153 g/mol. The van der Waals surface area contributed by atoms with Gasteiger partial charge in [0.1, 0.15) is 6.07 Å². The summed E-state index contributed by atoms with van der Waals surface area (Å²) in [6, 6.07) is 1.78. The molecule has 60 valence electrons. The predicted octanol–water partition coefficient (Wildman–Crippen LogP) is 2.79. The highest BCUT2D eigenvalue weighted by atomic mass is 19.1. The summed E-state index contributed by atoms with van der Waals surface area (Å²) in [6.07, 6.45) is 5.47. The Hall–Kier alpha value is -1.58. The third-order valence-electron chi connectivity index (χ3n) is 1.56. The highest BCUT2D eigenvalue weighted by Gasteiger charge is 2.02. The van der Waals surface area contributed by atoms with Crippen LogP contribution in [0.3, 0.4) is 0 Å². The molecule has 1 nitrogen and oxygen atoms in total. The van der Waals surface area contributed by atoms with Gasteiger partial charge in [0.2, 0.25) is 0 Å². The lowest BCUT2D eigenvalue weighted by atomic mass is 10.1. The molecule has 0 amide bonds. The zero-order valence-electron chi connectivity index (χ0n) is 6.76. The first-order valence-electron chi connectivity index (χ1n) is 3.62. The number of hydrogen-bond acceptors (Lipinski definition) is 1. The van der Waals surface area contributed by atoms with Crippen LogP contribution in [-0.2, 0) is 0 Å². The molecule has 0 heterocycles. The van der Waals surface area contributed by atoms with Gasteiger partial charge in [-0.1, -0.05) is 23.5 Å². The van der Waals surface area contributed by atoms with Gasteiger partial charge < -0.3 is 0 Å². The lowest BCUT2D eigenvalue weighted by Crippen LogP contribution is -1.82. The molecule has 2 heteroatoms. The van der Waals surface area contributed by atoms with Crippen LogP contribution in [-0.4, -0.2) is 0 Å². The molecule has 0 aromatic rings. The Morgan fingerprint density at radius 2 is 2.42 bits per heavy atom. The van der Waals surface area contributed by atoms with E-state index in [0.29, 0.717) is 6.42 Å². The van der Waals surface area contributed by atoms with Gasteiger partial charge in [-0.15, -0.1) is 0 Å². The Morgan fingerprint density at radius 3 is 3.08 bits per heavy atom. The summed E-state index contributed by atoms with van der Waals surface area (Å²) in [5.74, 6) is -0.582. The Labute approximate surface area is 70.8 Å². The molecule has 0 unspecified atom stereocenters. The monoisotopic (exact) mass is 161 g/mol. The van der Waals surface area contributed by atoms with Crippen molar-refractivity contribution < 1.29 is 4.39 Å². The van der Waals surface area contributed by atoms with E-state index in [0.717, 1.165) is 5.57 Å². The molecule has 0 radical (unpaired) electrons. The standard InChI is InChI=1S/C10H8FN/c1-8-3-2-4-10(11)9(7-12)6-5-8/h2-3,6H,5H2,1H3/b8-3-,9-6-. The second-order valence-corrected chi connectivity index (χ2v) is 2.57. The van der Waals surface area contributed by atoms with Crippen LogP contribution in [0.25, 0.3) is 0 Å². The quantitative estimate of drug-likeness (QED) is 0.501. The van der Waals surface area contributed by atoms with E-state index in [9.17, 15) is 4.39 Å². The number of halogens is 1. The molecule has 0 aromatic carbocycles. The van der Waals surface area contributed by atoms with Crippen LogP contribution in [0.15, 0.2) is 40.9 Å². The normalized spacial score (nSPS) is 25.2. The van der Waals surface area contributed by atoms with E-state index in [1.807, 2.05) is 6.92 Å². The second kappa shape index (κ2) is 3.71. The lowest BCUT2D eigenvalue weighted by Gasteiger charge is -1.96. The van der Waals surface area contributed by atoms with E-state index in [2.05, 4.69) is 5.73 Å². The van der Waals surface area contributed by atoms with Gasteiger partial charge in [0.05, 0.1) is 5.57 Å². The van der Waals surface area contributed by atoms with Crippen molar-refractivity contribution in [3.05, 3.63) is 40.9 Å². The molecule has 12 heavy (non-hydrogen) atoms. The summed E-state index contributed by atoms with van der Waals surface area (Å²) >= 11 is 0. The average molecular weight is 161 g/mol. The van der Waals surface area contributed by atoms with Crippen molar-refractivity contribution >= 4 is 0 Å². The number of allylic oxidation sites excluding steroid dienone is 5. The van der Waals surface area contributed by atoms with Gasteiger partial charge in [-0.25, -0.2) is 0 Å². The predicted molar refractivity (Wildman–Crippen MR) is 44.8 cm³/mol. The molecule has 0 atom stereocenters. The third-order valence-corrected chi connectivity index (χ3v) is 1.56.